The zero-order chi connectivity index (χ0) is 44.0. The fourth-order valence-corrected chi connectivity index (χ4v) is 9.57. The lowest BCUT2D eigenvalue weighted by Gasteiger charge is -2.13. The number of oxazole rings is 2. The van der Waals surface area contributed by atoms with Gasteiger partial charge in [0.15, 0.2) is 28.6 Å². The minimum absolute atomic E-state index is 0.579. The molecule has 0 unspecified atom stereocenters. The summed E-state index contributed by atoms with van der Waals surface area (Å²) in [4.78, 5) is 25.1. The van der Waals surface area contributed by atoms with E-state index in [1.165, 1.54) is 21.8 Å². The number of rotatable bonds is 6. The summed E-state index contributed by atoms with van der Waals surface area (Å²) in [5, 5.41) is 8.87. The molecule has 0 aliphatic heterocycles. The average molecular weight is 859 g/mol. The van der Waals surface area contributed by atoms with Crippen molar-refractivity contribution in [2.75, 3.05) is 0 Å². The molecule has 0 fully saturated rings. The van der Waals surface area contributed by atoms with Gasteiger partial charge < -0.3 is 13.4 Å². The number of para-hydroxylation sites is 6. The van der Waals surface area contributed by atoms with Gasteiger partial charge in [-0.3, -0.25) is 0 Å². The third kappa shape index (κ3) is 6.19. The van der Waals surface area contributed by atoms with E-state index in [1.54, 1.807) is 0 Å². The molecule has 0 spiro atoms. The van der Waals surface area contributed by atoms with Crippen molar-refractivity contribution < 1.29 is 8.83 Å². The van der Waals surface area contributed by atoms with E-state index in [1.807, 2.05) is 48.5 Å². The molecular formula is C59H34N6O2. The van der Waals surface area contributed by atoms with Crippen LogP contribution in [0.25, 0.3) is 139 Å². The molecule has 8 heteroatoms. The van der Waals surface area contributed by atoms with Crippen LogP contribution < -0.4 is 0 Å². The first kappa shape index (κ1) is 37.1. The van der Waals surface area contributed by atoms with E-state index in [0.717, 1.165) is 88.0 Å². The fourth-order valence-electron chi connectivity index (χ4n) is 9.57. The summed E-state index contributed by atoms with van der Waals surface area (Å²) in [6.45, 7) is 0. The zero-order valence-electron chi connectivity index (χ0n) is 35.6. The Hall–Kier alpha value is -9.27. The fraction of sp³-hybridized carbons (Fsp3) is 0. The highest BCUT2D eigenvalue weighted by atomic mass is 16.4. The van der Waals surface area contributed by atoms with Gasteiger partial charge in [-0.25, -0.2) is 24.9 Å². The molecule has 14 aromatic rings. The molecule has 67 heavy (non-hydrogen) atoms. The van der Waals surface area contributed by atoms with Crippen molar-refractivity contribution in [3.8, 4) is 62.8 Å². The molecule has 0 saturated carbocycles. The second-order valence-corrected chi connectivity index (χ2v) is 16.9. The van der Waals surface area contributed by atoms with Crippen LogP contribution >= 0.6 is 0 Å². The molecule has 0 N–H and O–H groups in total. The van der Waals surface area contributed by atoms with E-state index in [4.69, 9.17) is 33.8 Å². The van der Waals surface area contributed by atoms with Gasteiger partial charge >= 0.3 is 0 Å². The van der Waals surface area contributed by atoms with Crippen LogP contribution in [0.2, 0.25) is 0 Å². The maximum atomic E-state index is 6.11. The van der Waals surface area contributed by atoms with Crippen LogP contribution in [-0.2, 0) is 0 Å². The smallest absolute Gasteiger partial charge is 0.227 e. The molecule has 8 nitrogen and oxygen atoms in total. The van der Waals surface area contributed by atoms with Gasteiger partial charge in [0.05, 0.1) is 16.7 Å². The Kier molecular flexibility index (Phi) is 8.11. The summed E-state index contributed by atoms with van der Waals surface area (Å²) in [6, 6.07) is 71.1. The molecule has 0 saturated heterocycles. The van der Waals surface area contributed by atoms with Crippen molar-refractivity contribution in [3.63, 3.8) is 0 Å². The summed E-state index contributed by atoms with van der Waals surface area (Å²) in [5.74, 6) is 2.93. The number of hydrogen-bond acceptors (Lipinski definition) is 7. The molecule has 0 amide bonds. The van der Waals surface area contributed by atoms with E-state index in [9.17, 15) is 0 Å². The third-order valence-corrected chi connectivity index (χ3v) is 12.9. The van der Waals surface area contributed by atoms with Gasteiger partial charge in [0.25, 0.3) is 0 Å². The van der Waals surface area contributed by atoms with Crippen molar-refractivity contribution in [2.24, 2.45) is 0 Å². The van der Waals surface area contributed by atoms with Gasteiger partial charge in [-0.1, -0.05) is 121 Å². The van der Waals surface area contributed by atoms with Crippen LogP contribution in [0, 0.1) is 0 Å². The molecule has 0 aliphatic rings. The van der Waals surface area contributed by atoms with Crippen LogP contribution in [0.1, 0.15) is 0 Å². The molecular weight excluding hydrogens is 825 g/mol. The molecule has 0 aliphatic carbocycles. The Morgan fingerprint density at radius 3 is 1.22 bits per heavy atom. The summed E-state index contributed by atoms with van der Waals surface area (Å²) in [6.07, 6.45) is 0. The van der Waals surface area contributed by atoms with E-state index < -0.39 is 0 Å². The molecule has 4 heterocycles. The molecule has 4 aromatic heterocycles. The lowest BCUT2D eigenvalue weighted by molar-refractivity contribution is 0.619. The monoisotopic (exact) mass is 858 g/mol. The highest BCUT2D eigenvalue weighted by molar-refractivity contribution is 6.10. The van der Waals surface area contributed by atoms with E-state index in [-0.39, 0.29) is 0 Å². The van der Waals surface area contributed by atoms with E-state index in [2.05, 4.69) is 162 Å². The molecule has 0 atom stereocenters. The lowest BCUT2D eigenvalue weighted by Crippen LogP contribution is -2.00. The Morgan fingerprint density at radius 1 is 0.299 bits per heavy atom. The van der Waals surface area contributed by atoms with E-state index in [0.29, 0.717) is 29.3 Å². The predicted molar refractivity (Wildman–Crippen MR) is 269 cm³/mol. The topological polar surface area (TPSA) is 95.7 Å². The predicted octanol–water partition coefficient (Wildman–Crippen LogP) is 15.0. The summed E-state index contributed by atoms with van der Waals surface area (Å²) in [5.41, 5.74) is 11.1. The van der Waals surface area contributed by atoms with Crippen LogP contribution in [0.3, 0.4) is 0 Å². The van der Waals surface area contributed by atoms with Gasteiger partial charge in [0.1, 0.15) is 11.0 Å². The normalized spacial score (nSPS) is 11.9. The Balaban J connectivity index is 0.892. The number of aromatic nitrogens is 6. The molecule has 312 valence electrons. The maximum Gasteiger partial charge on any atom is 0.227 e. The van der Waals surface area contributed by atoms with Crippen molar-refractivity contribution in [2.45, 2.75) is 0 Å². The summed E-state index contributed by atoms with van der Waals surface area (Å²) >= 11 is 0. The first-order valence-electron chi connectivity index (χ1n) is 22.2. The largest absolute Gasteiger partial charge is 0.436 e. The van der Waals surface area contributed by atoms with Gasteiger partial charge in [-0.05, 0) is 112 Å². The molecule has 0 radical (unpaired) electrons. The quantitative estimate of drug-likeness (QED) is 0.164. The van der Waals surface area contributed by atoms with Crippen molar-refractivity contribution in [3.05, 3.63) is 206 Å². The van der Waals surface area contributed by atoms with Gasteiger partial charge in [-0.2, -0.15) is 0 Å². The van der Waals surface area contributed by atoms with Crippen LogP contribution in [-0.4, -0.2) is 29.5 Å². The van der Waals surface area contributed by atoms with Gasteiger partial charge in [0.2, 0.25) is 11.8 Å². The van der Waals surface area contributed by atoms with Crippen molar-refractivity contribution in [1.29, 1.82) is 0 Å². The number of benzene rings is 10. The van der Waals surface area contributed by atoms with Crippen LogP contribution in [0.15, 0.2) is 215 Å². The van der Waals surface area contributed by atoms with Gasteiger partial charge in [-0.15, -0.1) is 0 Å². The Morgan fingerprint density at radius 2 is 0.716 bits per heavy atom. The molecule has 10 aromatic carbocycles. The molecule has 14 rings (SSSR count). The van der Waals surface area contributed by atoms with Crippen LogP contribution in [0.5, 0.6) is 0 Å². The summed E-state index contributed by atoms with van der Waals surface area (Å²) < 4.78 is 14.6. The number of nitrogens with zero attached hydrogens (tertiary/aromatic N) is 6. The first-order valence-corrected chi connectivity index (χ1v) is 22.2. The number of fused-ring (bicyclic) bond motifs is 8. The van der Waals surface area contributed by atoms with E-state index >= 15 is 0 Å². The summed E-state index contributed by atoms with van der Waals surface area (Å²) in [7, 11) is 0. The lowest BCUT2D eigenvalue weighted by atomic mass is 10.0. The highest BCUT2D eigenvalue weighted by Gasteiger charge is 2.18. The Labute approximate surface area is 382 Å². The Bertz CT molecular complexity index is 4020. The highest BCUT2D eigenvalue weighted by Crippen LogP contribution is 2.37. The van der Waals surface area contributed by atoms with Crippen LogP contribution in [0.4, 0.5) is 0 Å². The SMILES string of the molecule is c1cc(-n2c3ccccc3c3ccccc32)c2ccc(-c3nc(-c4ccc5cc(-c6nc7ccccc7o6)ccc5c4)nc(-c4ccc5cc(-c6nc7ccccc7o6)ccc5c4)n3)cc2c1. The zero-order valence-corrected chi connectivity index (χ0v) is 35.6. The van der Waals surface area contributed by atoms with Crippen molar-refractivity contribution >= 4 is 76.3 Å². The standard InChI is InChI=1S/C59H34N6O2/c1-5-15-51-46(11-1)47-12-2-6-16-52(47)65(51)50-17-9-10-39-34-42(28-29-45(39)50)57-63-55(40-24-20-37-32-43(26-22-35(37)30-40)58-60-48-13-3-7-18-53(48)66-58)62-56(64-57)41-25-21-38-33-44(27-23-36(38)31-41)59-61-49-14-4-8-19-54(49)67-59/h1-34H. The maximum absolute atomic E-state index is 6.11. The average Bonchev–Trinajstić information content (AvgIpc) is 4.12. The van der Waals surface area contributed by atoms with Gasteiger partial charge in [0, 0.05) is 44.0 Å². The van der Waals surface area contributed by atoms with Crippen molar-refractivity contribution in [1.82, 2.24) is 29.5 Å². The number of hydrogen-bond donors (Lipinski definition) is 0. The minimum Gasteiger partial charge on any atom is -0.436 e. The second kappa shape index (κ2) is 14.6. The molecule has 0 bridgehead atoms. The third-order valence-electron chi connectivity index (χ3n) is 12.9. The second-order valence-electron chi connectivity index (χ2n) is 16.9. The minimum atomic E-state index is 0.579. The first-order chi connectivity index (χ1) is 33.1.